The predicted octanol–water partition coefficient (Wildman–Crippen LogP) is 2.44. The highest BCUT2D eigenvalue weighted by Crippen LogP contribution is 2.49. The molecular formula is C8H16N3PS. The van der Waals surface area contributed by atoms with E-state index in [-0.39, 0.29) is 0 Å². The Morgan fingerprint density at radius 3 is 2.54 bits per heavy atom. The summed E-state index contributed by atoms with van der Waals surface area (Å²) in [7, 11) is -1.39. The average Bonchev–Trinajstić information content (AvgIpc) is 2.24. The third-order valence-corrected chi connectivity index (χ3v) is 5.31. The Balaban J connectivity index is 3.06. The molecule has 1 aliphatic rings. The van der Waals surface area contributed by atoms with Gasteiger partial charge in [-0.25, -0.2) is 4.74 Å². The zero-order chi connectivity index (χ0) is 10.1. The lowest BCUT2D eigenvalue weighted by atomic mass is 10.6. The van der Waals surface area contributed by atoms with Crippen LogP contribution in [-0.2, 0) is 0 Å². The van der Waals surface area contributed by atoms with Crippen LogP contribution in [0.3, 0.4) is 0 Å². The van der Waals surface area contributed by atoms with Crippen molar-refractivity contribution in [3.8, 4) is 0 Å². The number of hydrogen-bond donors (Lipinski definition) is 0. The lowest BCUT2D eigenvalue weighted by Gasteiger charge is -2.17. The van der Waals surface area contributed by atoms with Crippen molar-refractivity contribution < 1.29 is 0 Å². The van der Waals surface area contributed by atoms with Crippen molar-refractivity contribution in [2.45, 2.75) is 13.8 Å². The van der Waals surface area contributed by atoms with Gasteiger partial charge < -0.3 is 4.90 Å². The maximum Gasteiger partial charge on any atom is 0.224 e. The number of nitrogens with zero attached hydrogens (tertiary/aromatic N) is 3. The van der Waals surface area contributed by atoms with Gasteiger partial charge in [-0.2, -0.15) is 0 Å². The summed E-state index contributed by atoms with van der Waals surface area (Å²) in [5, 5.41) is 0. The molecule has 0 bridgehead atoms. The lowest BCUT2D eigenvalue weighted by Crippen LogP contribution is -2.29. The van der Waals surface area contributed by atoms with Gasteiger partial charge in [-0.3, -0.25) is 4.99 Å². The normalized spacial score (nSPS) is 23.8. The Morgan fingerprint density at radius 2 is 2.08 bits per heavy atom. The quantitative estimate of drug-likeness (QED) is 0.525. The largest absolute Gasteiger partial charge is 0.300 e. The van der Waals surface area contributed by atoms with Gasteiger partial charge in [0.1, 0.15) is 4.73 Å². The van der Waals surface area contributed by atoms with E-state index in [0.717, 1.165) is 23.8 Å². The lowest BCUT2D eigenvalue weighted by molar-refractivity contribution is 0.660. The van der Waals surface area contributed by atoms with Crippen molar-refractivity contribution in [2.24, 2.45) is 9.74 Å². The Bertz CT molecular complexity index is 303. The molecule has 1 aliphatic heterocycles. The van der Waals surface area contributed by atoms with E-state index in [1.54, 1.807) is 0 Å². The number of rotatable bonds is 2. The number of guanidine groups is 1. The van der Waals surface area contributed by atoms with E-state index in [9.17, 15) is 0 Å². The van der Waals surface area contributed by atoms with Crippen molar-refractivity contribution >= 4 is 30.0 Å². The number of aliphatic imine (C=N–C) groups is 1. The zero-order valence-corrected chi connectivity index (χ0v) is 10.3. The second kappa shape index (κ2) is 3.89. The molecule has 13 heavy (non-hydrogen) atoms. The highest BCUT2D eigenvalue weighted by atomic mass is 32.1. The molecule has 0 amide bonds. The highest BCUT2D eigenvalue weighted by Gasteiger charge is 2.29. The SMILES string of the molecule is CCN=C1N=P(C)(C)C(=S)N1CC. The maximum absolute atomic E-state index is 5.37. The van der Waals surface area contributed by atoms with Crippen molar-refractivity contribution in [1.29, 1.82) is 0 Å². The summed E-state index contributed by atoms with van der Waals surface area (Å²) in [5.74, 6) is 0.841. The van der Waals surface area contributed by atoms with Crippen LogP contribution in [-0.4, -0.2) is 42.0 Å². The van der Waals surface area contributed by atoms with Gasteiger partial charge in [0, 0.05) is 20.1 Å². The van der Waals surface area contributed by atoms with Crippen molar-refractivity contribution in [2.75, 3.05) is 26.4 Å². The van der Waals surface area contributed by atoms with E-state index in [0.29, 0.717) is 0 Å². The molecule has 0 atom stereocenters. The molecule has 0 aromatic rings. The van der Waals surface area contributed by atoms with Crippen LogP contribution in [0.2, 0.25) is 0 Å². The molecular weight excluding hydrogens is 201 g/mol. The summed E-state index contributed by atoms with van der Waals surface area (Å²) in [6, 6.07) is 0. The minimum absolute atomic E-state index is 0.776. The molecule has 0 aromatic heterocycles. The molecule has 0 saturated carbocycles. The van der Waals surface area contributed by atoms with Gasteiger partial charge in [-0.05, 0) is 27.2 Å². The molecule has 1 rings (SSSR count). The number of hydrogen-bond acceptors (Lipinski definition) is 2. The second-order valence-corrected chi connectivity index (χ2v) is 7.40. The summed E-state index contributed by atoms with van der Waals surface area (Å²) in [6.45, 7) is 10.0. The summed E-state index contributed by atoms with van der Waals surface area (Å²) in [5.41, 5.74) is 0. The van der Waals surface area contributed by atoms with Crippen LogP contribution in [0, 0.1) is 0 Å². The molecule has 74 valence electrons. The minimum Gasteiger partial charge on any atom is -0.300 e. The third kappa shape index (κ3) is 2.00. The van der Waals surface area contributed by atoms with E-state index >= 15 is 0 Å². The summed E-state index contributed by atoms with van der Waals surface area (Å²) < 4.78 is 5.58. The van der Waals surface area contributed by atoms with Crippen molar-refractivity contribution in [3.05, 3.63) is 0 Å². The van der Waals surface area contributed by atoms with Crippen LogP contribution in [0.15, 0.2) is 9.74 Å². The molecule has 0 radical (unpaired) electrons. The predicted molar refractivity (Wildman–Crippen MR) is 64.2 cm³/mol. The summed E-state index contributed by atoms with van der Waals surface area (Å²) in [4.78, 5) is 6.39. The molecule has 0 aliphatic carbocycles. The Kier molecular flexibility index (Phi) is 3.25. The van der Waals surface area contributed by atoms with Crippen molar-refractivity contribution in [1.82, 2.24) is 4.90 Å². The topological polar surface area (TPSA) is 28.0 Å². The van der Waals surface area contributed by atoms with Gasteiger partial charge in [0.25, 0.3) is 0 Å². The molecule has 3 nitrogen and oxygen atoms in total. The third-order valence-electron chi connectivity index (χ3n) is 1.90. The van der Waals surface area contributed by atoms with E-state index in [4.69, 9.17) is 12.2 Å². The van der Waals surface area contributed by atoms with Crippen LogP contribution >= 0.6 is 19.3 Å². The van der Waals surface area contributed by atoms with Gasteiger partial charge in [0.15, 0.2) is 0 Å². The van der Waals surface area contributed by atoms with Crippen LogP contribution in [0.25, 0.3) is 0 Å². The van der Waals surface area contributed by atoms with Crippen LogP contribution in [0.1, 0.15) is 13.8 Å². The van der Waals surface area contributed by atoms with Gasteiger partial charge in [-0.1, -0.05) is 12.2 Å². The fraction of sp³-hybridized carbons (Fsp3) is 0.750. The van der Waals surface area contributed by atoms with E-state index < -0.39 is 7.05 Å². The smallest absolute Gasteiger partial charge is 0.224 e. The van der Waals surface area contributed by atoms with Gasteiger partial charge in [0.05, 0.1) is 0 Å². The number of thiocarbonyl (C=S) groups is 1. The molecule has 0 aromatic carbocycles. The monoisotopic (exact) mass is 217 g/mol. The Morgan fingerprint density at radius 1 is 1.46 bits per heavy atom. The first-order chi connectivity index (χ1) is 6.03. The second-order valence-electron chi connectivity index (χ2n) is 3.30. The average molecular weight is 217 g/mol. The first-order valence-corrected chi connectivity index (χ1v) is 7.51. The van der Waals surface area contributed by atoms with E-state index in [1.807, 2.05) is 11.8 Å². The molecule has 0 fully saturated rings. The fourth-order valence-electron chi connectivity index (χ4n) is 1.24. The molecule has 0 spiro atoms. The molecule has 0 unspecified atom stereocenters. The Hall–Kier alpha value is -0.210. The minimum atomic E-state index is -1.39. The van der Waals surface area contributed by atoms with E-state index in [1.165, 1.54) is 0 Å². The van der Waals surface area contributed by atoms with Crippen LogP contribution in [0.5, 0.6) is 0 Å². The highest BCUT2D eigenvalue weighted by molar-refractivity contribution is 8.02. The van der Waals surface area contributed by atoms with Crippen molar-refractivity contribution in [3.63, 3.8) is 0 Å². The van der Waals surface area contributed by atoms with E-state index in [2.05, 4.69) is 30.0 Å². The molecule has 0 saturated heterocycles. The molecule has 1 heterocycles. The first-order valence-electron chi connectivity index (χ1n) is 4.46. The fourth-order valence-corrected chi connectivity index (χ4v) is 3.10. The molecule has 0 N–H and O–H groups in total. The maximum atomic E-state index is 5.37. The summed E-state index contributed by atoms with van der Waals surface area (Å²) in [6.07, 6.45) is 0. The van der Waals surface area contributed by atoms with Crippen LogP contribution in [0.4, 0.5) is 0 Å². The van der Waals surface area contributed by atoms with Crippen LogP contribution < -0.4 is 0 Å². The zero-order valence-electron chi connectivity index (χ0n) is 8.61. The Labute approximate surface area is 85.3 Å². The van der Waals surface area contributed by atoms with Gasteiger partial charge in [0.2, 0.25) is 5.96 Å². The van der Waals surface area contributed by atoms with Gasteiger partial charge >= 0.3 is 0 Å². The first kappa shape index (κ1) is 10.9. The summed E-state index contributed by atoms with van der Waals surface area (Å²) >= 11 is 5.37. The molecule has 5 heteroatoms. The van der Waals surface area contributed by atoms with Gasteiger partial charge in [-0.15, -0.1) is 0 Å². The standard InChI is InChI=1S/C8H16N3PS/c1-5-9-7-10-12(3,4)8(13)11(7)6-2/h5-6H2,1-4H3.